The molecule has 0 bridgehead atoms. The van der Waals surface area contributed by atoms with Crippen molar-refractivity contribution in [2.75, 3.05) is 12.3 Å². The van der Waals surface area contributed by atoms with Crippen molar-refractivity contribution in [1.29, 1.82) is 0 Å². The van der Waals surface area contributed by atoms with Crippen LogP contribution in [0, 0.1) is 6.92 Å². The Morgan fingerprint density at radius 1 is 1.14 bits per heavy atom. The van der Waals surface area contributed by atoms with Crippen molar-refractivity contribution in [3.8, 4) is 0 Å². The minimum absolute atomic E-state index is 0.184. The maximum Gasteiger partial charge on any atom is 0.217 e. The lowest BCUT2D eigenvalue weighted by Crippen LogP contribution is -2.39. The fraction of sp³-hybridized carbons (Fsp3) is 0.733. The summed E-state index contributed by atoms with van der Waals surface area (Å²) in [5.41, 5.74) is 6.54. The van der Waals surface area contributed by atoms with E-state index in [2.05, 4.69) is 9.97 Å². The molecule has 1 aromatic rings. The zero-order chi connectivity index (χ0) is 15.7. The zero-order valence-electron chi connectivity index (χ0n) is 13.0. The van der Waals surface area contributed by atoms with Gasteiger partial charge in [-0.3, -0.25) is 0 Å². The highest BCUT2D eigenvalue weighted by molar-refractivity contribution is 7.89. The molecular weight excluding hydrogens is 300 g/mol. The van der Waals surface area contributed by atoms with Crippen LogP contribution in [0.15, 0.2) is 6.07 Å². The number of nitrogens with two attached hydrogens (primary N) is 1. The van der Waals surface area contributed by atoms with Crippen LogP contribution < -0.4 is 5.73 Å². The normalized spacial score (nSPS) is 24.7. The fourth-order valence-corrected chi connectivity index (χ4v) is 5.94. The summed E-state index contributed by atoms with van der Waals surface area (Å²) >= 11 is 0. The summed E-state index contributed by atoms with van der Waals surface area (Å²) in [5, 5.41) is -0.220. The van der Waals surface area contributed by atoms with E-state index in [1.807, 2.05) is 0 Å². The molecule has 1 aromatic heterocycles. The summed E-state index contributed by atoms with van der Waals surface area (Å²) in [6.45, 7) is 2.38. The lowest BCUT2D eigenvalue weighted by molar-refractivity contribution is 0.369. The lowest BCUT2D eigenvalue weighted by atomic mass is 10.0. The molecule has 22 heavy (non-hydrogen) atoms. The third kappa shape index (κ3) is 2.96. The highest BCUT2D eigenvalue weighted by atomic mass is 32.2. The van der Waals surface area contributed by atoms with Gasteiger partial charge in [0.25, 0.3) is 0 Å². The van der Waals surface area contributed by atoms with Gasteiger partial charge in [0.2, 0.25) is 10.0 Å². The minimum Gasteiger partial charge on any atom is -0.384 e. The van der Waals surface area contributed by atoms with Crippen molar-refractivity contribution >= 4 is 15.8 Å². The molecule has 122 valence electrons. The van der Waals surface area contributed by atoms with Gasteiger partial charge in [0, 0.05) is 12.6 Å². The summed E-state index contributed by atoms with van der Waals surface area (Å²) in [6.07, 6.45) is 6.44. The largest absolute Gasteiger partial charge is 0.384 e. The van der Waals surface area contributed by atoms with E-state index >= 15 is 0 Å². The topological polar surface area (TPSA) is 89.2 Å². The summed E-state index contributed by atoms with van der Waals surface area (Å²) < 4.78 is 27.7. The van der Waals surface area contributed by atoms with Crippen LogP contribution in [0.2, 0.25) is 0 Å². The number of rotatable bonds is 3. The van der Waals surface area contributed by atoms with Crippen molar-refractivity contribution in [3.63, 3.8) is 0 Å². The summed E-state index contributed by atoms with van der Waals surface area (Å²) in [5.74, 6) is 1.00. The van der Waals surface area contributed by atoms with Gasteiger partial charge < -0.3 is 5.73 Å². The maximum absolute atomic E-state index is 13.0. The number of sulfonamides is 1. The van der Waals surface area contributed by atoms with Gasteiger partial charge in [0.1, 0.15) is 11.6 Å². The van der Waals surface area contributed by atoms with Crippen molar-refractivity contribution in [2.45, 2.75) is 63.2 Å². The van der Waals surface area contributed by atoms with Crippen LogP contribution >= 0.6 is 0 Å². The van der Waals surface area contributed by atoms with Gasteiger partial charge in [0.05, 0.1) is 17.0 Å². The van der Waals surface area contributed by atoms with E-state index in [1.165, 1.54) is 0 Å². The van der Waals surface area contributed by atoms with Gasteiger partial charge in [-0.25, -0.2) is 18.4 Å². The molecule has 0 radical (unpaired) electrons. The molecule has 1 aliphatic carbocycles. The summed E-state index contributed by atoms with van der Waals surface area (Å²) in [4.78, 5) is 8.51. The highest BCUT2D eigenvalue weighted by Gasteiger charge is 2.40. The molecule has 6 nitrogen and oxygen atoms in total. The second-order valence-corrected chi connectivity index (χ2v) is 8.50. The van der Waals surface area contributed by atoms with E-state index in [9.17, 15) is 8.42 Å². The van der Waals surface area contributed by atoms with Crippen LogP contribution in [-0.2, 0) is 10.0 Å². The molecule has 2 heterocycles. The zero-order valence-corrected chi connectivity index (χ0v) is 13.8. The Morgan fingerprint density at radius 2 is 1.86 bits per heavy atom. The first-order valence-electron chi connectivity index (χ1n) is 8.10. The number of hydrogen-bond donors (Lipinski definition) is 1. The van der Waals surface area contributed by atoms with Crippen molar-refractivity contribution < 1.29 is 8.42 Å². The Morgan fingerprint density at radius 3 is 2.55 bits per heavy atom. The van der Waals surface area contributed by atoms with Gasteiger partial charge in [-0.2, -0.15) is 4.31 Å². The second kappa shape index (κ2) is 6.12. The predicted molar refractivity (Wildman–Crippen MR) is 85.7 cm³/mol. The molecule has 2 aliphatic rings. The molecule has 0 spiro atoms. The number of aryl methyl sites for hydroxylation is 1. The van der Waals surface area contributed by atoms with Crippen LogP contribution in [0.5, 0.6) is 0 Å². The quantitative estimate of drug-likeness (QED) is 0.920. The molecular formula is C15H24N4O2S. The van der Waals surface area contributed by atoms with Crippen LogP contribution in [0.25, 0.3) is 0 Å². The number of nitrogens with zero attached hydrogens (tertiary/aromatic N) is 3. The van der Waals surface area contributed by atoms with Gasteiger partial charge in [-0.05, 0) is 32.6 Å². The van der Waals surface area contributed by atoms with Crippen molar-refractivity contribution in [3.05, 3.63) is 17.6 Å². The Kier molecular flexibility index (Phi) is 4.36. The lowest BCUT2D eigenvalue weighted by Gasteiger charge is -2.30. The first-order valence-corrected chi connectivity index (χ1v) is 9.60. The maximum atomic E-state index is 13.0. The van der Waals surface area contributed by atoms with E-state index in [1.54, 1.807) is 17.3 Å². The summed E-state index contributed by atoms with van der Waals surface area (Å²) in [7, 11) is -3.25. The number of hydrogen-bond acceptors (Lipinski definition) is 5. The van der Waals surface area contributed by atoms with E-state index in [0.717, 1.165) is 50.6 Å². The van der Waals surface area contributed by atoms with Gasteiger partial charge in [-0.15, -0.1) is 0 Å². The van der Waals surface area contributed by atoms with E-state index in [4.69, 9.17) is 5.73 Å². The second-order valence-electron chi connectivity index (χ2n) is 6.34. The van der Waals surface area contributed by atoms with E-state index in [0.29, 0.717) is 18.2 Å². The molecule has 2 fully saturated rings. The molecule has 0 unspecified atom stereocenters. The fourth-order valence-electron chi connectivity index (χ4n) is 3.68. The van der Waals surface area contributed by atoms with Crippen molar-refractivity contribution in [1.82, 2.24) is 14.3 Å². The average Bonchev–Trinajstić information content (AvgIpc) is 2.97. The van der Waals surface area contributed by atoms with Gasteiger partial charge >= 0.3 is 0 Å². The minimum atomic E-state index is -3.25. The average molecular weight is 324 g/mol. The monoisotopic (exact) mass is 324 g/mol. The molecule has 1 atom stereocenters. The predicted octanol–water partition coefficient (Wildman–Crippen LogP) is 2.17. The SMILES string of the molecule is Cc1nc(N)cc([C@@H]2CCCN2S(=O)(=O)C2CCCCC2)n1. The number of nitrogen functional groups attached to an aromatic ring is 1. The smallest absolute Gasteiger partial charge is 0.217 e. The number of aromatic nitrogens is 2. The van der Waals surface area contributed by atoms with Crippen molar-refractivity contribution in [2.24, 2.45) is 0 Å². The third-order valence-electron chi connectivity index (χ3n) is 4.72. The Balaban J connectivity index is 1.89. The molecule has 3 rings (SSSR count). The van der Waals surface area contributed by atoms with Crippen LogP contribution in [-0.4, -0.2) is 34.5 Å². The standard InChI is InChI=1S/C15H24N4O2S/c1-11-17-13(10-15(16)18-11)14-8-5-9-19(14)22(20,21)12-6-3-2-4-7-12/h10,12,14H,2-9H2,1H3,(H2,16,17,18)/t14-/m0/s1. The molecule has 1 saturated carbocycles. The van der Waals surface area contributed by atoms with Crippen LogP contribution in [0.4, 0.5) is 5.82 Å². The third-order valence-corrected chi connectivity index (χ3v) is 7.13. The Hall–Kier alpha value is -1.21. The summed E-state index contributed by atoms with van der Waals surface area (Å²) in [6, 6.07) is 1.53. The molecule has 1 saturated heterocycles. The van der Waals surface area contributed by atoms with Gasteiger partial charge in [-0.1, -0.05) is 19.3 Å². The molecule has 2 N–H and O–H groups in total. The highest BCUT2D eigenvalue weighted by Crippen LogP contribution is 2.37. The Bertz CT molecular complexity index is 621. The van der Waals surface area contributed by atoms with Gasteiger partial charge in [0.15, 0.2) is 0 Å². The van der Waals surface area contributed by atoms with Crippen LogP contribution in [0.3, 0.4) is 0 Å². The van der Waals surface area contributed by atoms with E-state index in [-0.39, 0.29) is 11.3 Å². The molecule has 7 heteroatoms. The number of anilines is 1. The van der Waals surface area contributed by atoms with E-state index < -0.39 is 10.0 Å². The first-order chi connectivity index (χ1) is 10.5. The molecule has 0 amide bonds. The van der Waals surface area contributed by atoms with Crippen LogP contribution in [0.1, 0.15) is 62.5 Å². The molecule has 1 aliphatic heterocycles. The molecule has 0 aromatic carbocycles. The first kappa shape index (κ1) is 15.7. The Labute approximate surface area is 132 Å².